The molecule has 1 atom stereocenters. The van der Waals surface area contributed by atoms with Crippen LogP contribution in [0.3, 0.4) is 0 Å². The molecule has 0 saturated carbocycles. The first kappa shape index (κ1) is 44.2. The highest BCUT2D eigenvalue weighted by molar-refractivity contribution is 7.81. The second-order valence-electron chi connectivity index (χ2n) is 15.5. The molecule has 60 heavy (non-hydrogen) atoms. The molecule has 1 unspecified atom stereocenters. The van der Waals surface area contributed by atoms with E-state index in [9.17, 15) is 50.8 Å². The number of hydrogen-bond acceptors (Lipinski definition) is 9. The molecule has 3 heterocycles. The lowest BCUT2D eigenvalue weighted by Crippen LogP contribution is -2.49. The van der Waals surface area contributed by atoms with Gasteiger partial charge in [-0.2, -0.15) is 18.4 Å². The molecule has 3 aliphatic heterocycles. The Labute approximate surface area is 347 Å². The van der Waals surface area contributed by atoms with Crippen molar-refractivity contribution in [1.29, 1.82) is 5.26 Å². The summed E-state index contributed by atoms with van der Waals surface area (Å²) in [5.74, 6) is -2.23. The molecule has 18 heteroatoms. The normalized spacial score (nSPS) is 18.9. The van der Waals surface area contributed by atoms with Crippen LogP contribution in [0.2, 0.25) is 0 Å². The highest BCUT2D eigenvalue weighted by Gasteiger charge is 2.51. The number of alkyl halides is 5. The van der Waals surface area contributed by atoms with E-state index in [-0.39, 0.29) is 77.0 Å². The van der Waals surface area contributed by atoms with Crippen molar-refractivity contribution in [3.8, 4) is 11.8 Å². The second-order valence-corrected chi connectivity index (χ2v) is 15.9. The Morgan fingerprint density at radius 2 is 1.68 bits per heavy atom. The number of thiocarbonyl (C=S) groups is 1. The maximum Gasteiger partial charge on any atom is 0.417 e. The third kappa shape index (κ3) is 9.96. The van der Waals surface area contributed by atoms with E-state index in [1.807, 2.05) is 4.90 Å². The summed E-state index contributed by atoms with van der Waals surface area (Å²) in [5.41, 5.74) is -2.15. The van der Waals surface area contributed by atoms with Gasteiger partial charge in [-0.15, -0.1) is 0 Å². The number of halogens is 6. The minimum Gasteiger partial charge on any atom is -0.492 e. The van der Waals surface area contributed by atoms with Gasteiger partial charge in [-0.3, -0.25) is 39.2 Å². The summed E-state index contributed by atoms with van der Waals surface area (Å²) < 4.78 is 89.6. The molecule has 3 aliphatic rings. The van der Waals surface area contributed by atoms with E-state index in [2.05, 4.69) is 10.2 Å². The number of anilines is 2. The van der Waals surface area contributed by atoms with Crippen molar-refractivity contribution in [2.24, 2.45) is 5.92 Å². The molecule has 0 aliphatic carbocycles. The number of piperidine rings is 1. The highest BCUT2D eigenvalue weighted by Crippen LogP contribution is 2.41. The number of nitrogens with one attached hydrogen (secondary N) is 1. The maximum absolute atomic E-state index is 14.7. The zero-order valence-electron chi connectivity index (χ0n) is 32.8. The number of ether oxygens (including phenoxy) is 1. The van der Waals surface area contributed by atoms with Crippen LogP contribution < -0.4 is 19.9 Å². The number of imide groups is 1. The lowest BCUT2D eigenvalue weighted by Gasteiger charge is -2.34. The first-order valence-electron chi connectivity index (χ1n) is 19.3. The van der Waals surface area contributed by atoms with Gasteiger partial charge < -0.3 is 9.64 Å². The van der Waals surface area contributed by atoms with Gasteiger partial charge in [0.15, 0.2) is 10.9 Å². The van der Waals surface area contributed by atoms with Crippen molar-refractivity contribution in [3.63, 3.8) is 0 Å². The highest BCUT2D eigenvalue weighted by atomic mass is 32.1. The predicted octanol–water partition coefficient (Wildman–Crippen LogP) is 5.84. The Balaban J connectivity index is 1.03. The van der Waals surface area contributed by atoms with Crippen molar-refractivity contribution in [2.75, 3.05) is 55.7 Å². The summed E-state index contributed by atoms with van der Waals surface area (Å²) in [7, 11) is 0. The van der Waals surface area contributed by atoms with Gasteiger partial charge in [-0.25, -0.2) is 13.2 Å². The summed E-state index contributed by atoms with van der Waals surface area (Å²) in [4.78, 5) is 56.7. The third-order valence-electron chi connectivity index (χ3n) is 10.9. The number of hydrogen-bond donors (Lipinski definition) is 1. The van der Waals surface area contributed by atoms with E-state index >= 15 is 0 Å². The molecule has 3 fully saturated rings. The summed E-state index contributed by atoms with van der Waals surface area (Å²) in [6, 6.07) is 13.2. The molecule has 0 bridgehead atoms. The van der Waals surface area contributed by atoms with Crippen LogP contribution >= 0.6 is 12.2 Å². The zero-order chi connectivity index (χ0) is 43.5. The topological polar surface area (TPSA) is 126 Å². The number of benzene rings is 3. The number of rotatable bonds is 14. The number of carbonyl (C=O) groups excluding carboxylic acids is 4. The molecule has 3 saturated heterocycles. The number of carbonyl (C=O) groups is 4. The number of nitrogens with zero attached hydrogens (tertiary/aromatic N) is 5. The van der Waals surface area contributed by atoms with Crippen LogP contribution in [0.25, 0.3) is 0 Å². The van der Waals surface area contributed by atoms with E-state index in [0.29, 0.717) is 57.2 Å². The van der Waals surface area contributed by atoms with Crippen molar-refractivity contribution in [1.82, 2.24) is 15.1 Å². The van der Waals surface area contributed by atoms with Gasteiger partial charge in [-0.1, -0.05) is 12.1 Å². The Kier molecular flexibility index (Phi) is 13.3. The minimum atomic E-state index is -4.88. The van der Waals surface area contributed by atoms with Crippen LogP contribution in [0.1, 0.15) is 54.5 Å². The molecule has 3 amide bonds. The fraction of sp³-hybridized carbons (Fsp3) is 0.429. The van der Waals surface area contributed by atoms with Crippen molar-refractivity contribution in [3.05, 3.63) is 88.2 Å². The smallest absolute Gasteiger partial charge is 0.417 e. The zero-order valence-corrected chi connectivity index (χ0v) is 33.6. The summed E-state index contributed by atoms with van der Waals surface area (Å²) in [6.45, 7) is 6.00. The van der Waals surface area contributed by atoms with E-state index in [1.54, 1.807) is 12.1 Å². The molecule has 11 nitrogen and oxygen atoms in total. The molecule has 0 radical (unpaired) electrons. The van der Waals surface area contributed by atoms with Crippen molar-refractivity contribution >= 4 is 52.2 Å². The monoisotopic (exact) mass is 856 g/mol. The fourth-order valence-electron chi connectivity index (χ4n) is 7.71. The maximum atomic E-state index is 14.7. The van der Waals surface area contributed by atoms with E-state index in [0.717, 1.165) is 11.0 Å². The molecule has 0 spiro atoms. The van der Waals surface area contributed by atoms with Gasteiger partial charge in [-0.05, 0) is 92.5 Å². The van der Waals surface area contributed by atoms with Gasteiger partial charge in [0.05, 0.1) is 29.4 Å². The quantitative estimate of drug-likeness (QED) is 0.120. The lowest BCUT2D eigenvalue weighted by atomic mass is 9.90. The Morgan fingerprint density at radius 1 is 0.983 bits per heavy atom. The van der Waals surface area contributed by atoms with Crippen molar-refractivity contribution in [2.45, 2.75) is 64.1 Å². The first-order valence-corrected chi connectivity index (χ1v) is 19.7. The van der Waals surface area contributed by atoms with Gasteiger partial charge in [0, 0.05) is 69.2 Å². The molecule has 0 aromatic heterocycles. The Bertz CT molecular complexity index is 2220. The molecule has 3 aromatic rings. The number of ketones is 1. The molecular formula is C42H42F6N6O5S. The van der Waals surface area contributed by atoms with Crippen LogP contribution in [0.4, 0.5) is 37.7 Å². The van der Waals surface area contributed by atoms with E-state index in [1.165, 1.54) is 55.1 Å². The molecule has 318 valence electrons. The second kappa shape index (κ2) is 18.1. The van der Waals surface area contributed by atoms with Crippen LogP contribution in [0.15, 0.2) is 54.6 Å². The van der Waals surface area contributed by atoms with Crippen LogP contribution in [-0.4, -0.2) is 96.3 Å². The molecule has 6 rings (SSSR count). The lowest BCUT2D eigenvalue weighted by molar-refractivity contribution is -0.138. The Hall–Kier alpha value is -5.38. The van der Waals surface area contributed by atoms with E-state index in [4.69, 9.17) is 17.0 Å². The van der Waals surface area contributed by atoms with Gasteiger partial charge in [0.2, 0.25) is 18.2 Å². The SMILES string of the molecule is CC1(C)C(=O)N(c2ccc(C#N)c(C(F)(F)F)c2)C(=S)N1c1ccc(OCCN2CCN(CC(=O)Cc3cc(CC4CCC(=O)NC4=O)ccc3F)CC2)c(CC(F)F)c1. The van der Waals surface area contributed by atoms with Crippen LogP contribution in [0, 0.1) is 23.1 Å². The predicted molar refractivity (Wildman–Crippen MR) is 212 cm³/mol. The molecule has 3 aromatic carbocycles. The van der Waals surface area contributed by atoms with Crippen LogP contribution in [-0.2, 0) is 44.6 Å². The minimum absolute atomic E-state index is 0.113. The molecule has 1 N–H and O–H groups in total. The third-order valence-corrected chi connectivity index (χ3v) is 11.3. The number of Topliss-reactive ketones (excluding diaryl/α,β-unsaturated/α-hetero) is 1. The molecular weight excluding hydrogens is 815 g/mol. The standard InChI is InChI=1S/C42H42F6N6O5S/c1-41(2)39(58)53(30-6-4-27(23-49)33(22-30)42(46,47)48)40(60)54(41)31-7-9-35(29(19-31)21-36(44)45)59-16-15-51-11-13-52(14-12-51)24-32(55)20-28-18-25(3-8-34(28)43)17-26-5-10-37(56)50-38(26)57/h3-4,6-9,18-19,22,26,36H,5,10-17,20-21,24H2,1-2H3,(H,50,56,57). The average molecular weight is 857 g/mol. The Morgan fingerprint density at radius 3 is 2.35 bits per heavy atom. The summed E-state index contributed by atoms with van der Waals surface area (Å²) in [5, 5.41) is 11.4. The number of nitriles is 1. The largest absolute Gasteiger partial charge is 0.492 e. The van der Waals surface area contributed by atoms with Crippen LogP contribution in [0.5, 0.6) is 5.75 Å². The summed E-state index contributed by atoms with van der Waals surface area (Å²) >= 11 is 5.60. The van der Waals surface area contributed by atoms with Gasteiger partial charge >= 0.3 is 6.18 Å². The summed E-state index contributed by atoms with van der Waals surface area (Å²) in [6.07, 6.45) is -7.45. The van der Waals surface area contributed by atoms with E-state index < -0.39 is 53.3 Å². The average Bonchev–Trinajstić information content (AvgIpc) is 3.36. The first-order chi connectivity index (χ1) is 28.3. The number of piperazine rings is 1. The fourth-order valence-corrected chi connectivity index (χ4v) is 8.23. The van der Waals surface area contributed by atoms with Gasteiger partial charge in [0.1, 0.15) is 23.7 Å². The van der Waals surface area contributed by atoms with Crippen molar-refractivity contribution < 1.29 is 50.3 Å². The van der Waals surface area contributed by atoms with Gasteiger partial charge in [0.25, 0.3) is 5.91 Å². The number of amides is 3.